The third-order valence-corrected chi connectivity index (χ3v) is 7.88. The lowest BCUT2D eigenvalue weighted by atomic mass is 9.49. The van der Waals surface area contributed by atoms with Crippen molar-refractivity contribution in [3.8, 4) is 0 Å². The fraction of sp³-hybridized carbons (Fsp3) is 0.682. The van der Waals surface area contributed by atoms with Gasteiger partial charge in [0.15, 0.2) is 0 Å². The molecule has 5 rings (SSSR count). The average molecular weight is 418 g/mol. The minimum absolute atomic E-state index is 0.0982. The van der Waals surface area contributed by atoms with Crippen molar-refractivity contribution in [1.82, 2.24) is 16.2 Å². The summed E-state index contributed by atoms with van der Waals surface area (Å²) in [6.07, 6.45) is 8.00. The molecule has 29 heavy (non-hydrogen) atoms. The maximum Gasteiger partial charge on any atom is 0.262 e. The van der Waals surface area contributed by atoms with Crippen LogP contribution in [0.3, 0.4) is 0 Å². The van der Waals surface area contributed by atoms with Crippen LogP contribution in [0.4, 0.5) is 0 Å². The molecule has 4 saturated carbocycles. The van der Waals surface area contributed by atoms with Gasteiger partial charge in [-0.3, -0.25) is 25.2 Å². The van der Waals surface area contributed by atoms with Crippen LogP contribution in [0.5, 0.6) is 0 Å². The summed E-state index contributed by atoms with van der Waals surface area (Å²) in [5.74, 6) is 1.51. The number of amides is 3. The highest BCUT2D eigenvalue weighted by molar-refractivity contribution is 7.12. The smallest absolute Gasteiger partial charge is 0.262 e. The zero-order valence-corrected chi connectivity index (χ0v) is 18.0. The number of carbonyl (C=O) groups excluding carboxylic acids is 3. The number of hydrazine groups is 1. The van der Waals surface area contributed by atoms with Crippen LogP contribution in [-0.2, 0) is 9.59 Å². The van der Waals surface area contributed by atoms with Gasteiger partial charge in [0.05, 0.1) is 4.88 Å². The normalized spacial score (nSPS) is 30.8. The summed E-state index contributed by atoms with van der Waals surface area (Å²) in [7, 11) is 0. The van der Waals surface area contributed by atoms with Crippen LogP contribution in [0.15, 0.2) is 17.5 Å². The molecule has 1 aromatic rings. The second-order valence-corrected chi connectivity index (χ2v) is 10.8. The molecule has 4 bridgehead atoms. The highest BCUT2D eigenvalue weighted by Gasteiger charge is 2.51. The molecule has 1 atom stereocenters. The first-order chi connectivity index (χ1) is 13.8. The van der Waals surface area contributed by atoms with Gasteiger partial charge in [0.2, 0.25) is 5.91 Å². The molecular formula is C22H31N3O3S. The lowest BCUT2D eigenvalue weighted by Gasteiger charge is -2.56. The molecule has 0 aromatic carbocycles. The molecule has 0 saturated heterocycles. The van der Waals surface area contributed by atoms with Crippen LogP contribution in [0.2, 0.25) is 0 Å². The highest BCUT2D eigenvalue weighted by atomic mass is 32.1. The molecule has 0 spiro atoms. The van der Waals surface area contributed by atoms with Gasteiger partial charge in [0, 0.05) is 6.42 Å². The van der Waals surface area contributed by atoms with Gasteiger partial charge in [-0.05, 0) is 79.1 Å². The molecule has 4 fully saturated rings. The topological polar surface area (TPSA) is 87.3 Å². The zero-order chi connectivity index (χ0) is 20.6. The van der Waals surface area contributed by atoms with Gasteiger partial charge in [-0.15, -0.1) is 11.3 Å². The Labute approximate surface area is 176 Å². The molecule has 4 aliphatic carbocycles. The van der Waals surface area contributed by atoms with Crippen molar-refractivity contribution < 1.29 is 14.4 Å². The molecule has 0 radical (unpaired) electrons. The average Bonchev–Trinajstić information content (AvgIpc) is 3.17. The Morgan fingerprint density at radius 1 is 1.07 bits per heavy atom. The Bertz CT molecular complexity index is 739. The van der Waals surface area contributed by atoms with Gasteiger partial charge in [-0.25, -0.2) is 0 Å². The number of rotatable bonds is 6. The lowest BCUT2D eigenvalue weighted by Crippen LogP contribution is -2.55. The van der Waals surface area contributed by atoms with Crippen LogP contribution < -0.4 is 16.2 Å². The van der Waals surface area contributed by atoms with E-state index in [4.69, 9.17) is 0 Å². The van der Waals surface area contributed by atoms with Gasteiger partial charge >= 0.3 is 0 Å². The number of hydrogen-bond acceptors (Lipinski definition) is 4. The summed E-state index contributed by atoms with van der Waals surface area (Å²) < 4.78 is 0. The van der Waals surface area contributed by atoms with Crippen molar-refractivity contribution in [2.45, 2.75) is 64.8 Å². The van der Waals surface area contributed by atoms with Crippen LogP contribution in [-0.4, -0.2) is 23.8 Å². The second kappa shape index (κ2) is 8.09. The molecule has 1 aromatic heterocycles. The summed E-state index contributed by atoms with van der Waals surface area (Å²) in [4.78, 5) is 38.1. The lowest BCUT2D eigenvalue weighted by molar-refractivity contribution is -0.135. The van der Waals surface area contributed by atoms with E-state index in [2.05, 4.69) is 16.2 Å². The largest absolute Gasteiger partial charge is 0.339 e. The van der Waals surface area contributed by atoms with Gasteiger partial charge in [-0.2, -0.15) is 0 Å². The number of nitrogens with one attached hydrogen (secondary N) is 3. The number of hydrogen-bond donors (Lipinski definition) is 3. The van der Waals surface area contributed by atoms with Gasteiger partial charge in [0.25, 0.3) is 11.8 Å². The predicted molar refractivity (Wildman–Crippen MR) is 112 cm³/mol. The quantitative estimate of drug-likeness (QED) is 0.621. The standard InChI is InChI=1S/C22H31N3O3S/c1-13(2)19(23-20(27)17-4-3-5-29-17)21(28)25-24-18(26)12-22-9-14-6-15(10-22)8-16(7-14)11-22/h3-5,13-16,19H,6-12H2,1-2H3,(H,23,27)(H,24,26)(H,25,28)/t14?,15?,16?,19-,22?/m1/s1. The van der Waals surface area contributed by atoms with E-state index in [-0.39, 0.29) is 29.1 Å². The van der Waals surface area contributed by atoms with Crippen LogP contribution in [0.1, 0.15) is 68.5 Å². The molecule has 0 unspecified atom stereocenters. The van der Waals surface area contributed by atoms with Crippen molar-refractivity contribution >= 4 is 29.1 Å². The molecule has 3 N–H and O–H groups in total. The SMILES string of the molecule is CC(C)[C@@H](NC(=O)c1cccs1)C(=O)NNC(=O)CC12CC3CC(CC(C3)C1)C2. The second-order valence-electron chi connectivity index (χ2n) is 9.80. The molecule has 4 aliphatic rings. The maximum absolute atomic E-state index is 12.6. The van der Waals surface area contributed by atoms with Gasteiger partial charge in [0.1, 0.15) is 6.04 Å². The summed E-state index contributed by atoms with van der Waals surface area (Å²) in [5, 5.41) is 4.60. The molecule has 1 heterocycles. The third kappa shape index (κ3) is 4.49. The van der Waals surface area contributed by atoms with Crippen LogP contribution in [0.25, 0.3) is 0 Å². The van der Waals surface area contributed by atoms with E-state index in [0.29, 0.717) is 11.3 Å². The van der Waals surface area contributed by atoms with Crippen molar-refractivity contribution in [2.75, 3.05) is 0 Å². The van der Waals surface area contributed by atoms with Crippen LogP contribution >= 0.6 is 11.3 Å². The Balaban J connectivity index is 1.29. The van der Waals surface area contributed by atoms with E-state index in [0.717, 1.165) is 37.0 Å². The first kappa shape index (κ1) is 20.4. The zero-order valence-electron chi connectivity index (χ0n) is 17.2. The Kier molecular flexibility index (Phi) is 5.69. The fourth-order valence-electron chi connectivity index (χ4n) is 6.26. The monoisotopic (exact) mass is 417 g/mol. The summed E-state index contributed by atoms with van der Waals surface area (Å²) in [5.41, 5.74) is 5.29. The van der Waals surface area contributed by atoms with E-state index < -0.39 is 6.04 Å². The molecular weight excluding hydrogens is 386 g/mol. The predicted octanol–water partition coefficient (Wildman–Crippen LogP) is 3.26. The number of carbonyl (C=O) groups is 3. The number of thiophene rings is 1. The van der Waals surface area contributed by atoms with Crippen molar-refractivity contribution in [1.29, 1.82) is 0 Å². The van der Waals surface area contributed by atoms with Crippen molar-refractivity contribution in [3.05, 3.63) is 22.4 Å². The molecule has 6 nitrogen and oxygen atoms in total. The Morgan fingerprint density at radius 3 is 2.21 bits per heavy atom. The highest BCUT2D eigenvalue weighted by Crippen LogP contribution is 2.61. The van der Waals surface area contributed by atoms with Gasteiger partial charge in [-0.1, -0.05) is 19.9 Å². The summed E-state index contributed by atoms with van der Waals surface area (Å²) in [6, 6.07) is 2.82. The summed E-state index contributed by atoms with van der Waals surface area (Å²) >= 11 is 1.33. The maximum atomic E-state index is 12.6. The van der Waals surface area contributed by atoms with E-state index in [1.165, 1.54) is 30.6 Å². The third-order valence-electron chi connectivity index (χ3n) is 7.01. The minimum atomic E-state index is -0.704. The molecule has 7 heteroatoms. The van der Waals surface area contributed by atoms with Crippen molar-refractivity contribution in [2.24, 2.45) is 29.1 Å². The van der Waals surface area contributed by atoms with Crippen LogP contribution in [0, 0.1) is 29.1 Å². The van der Waals surface area contributed by atoms with Crippen molar-refractivity contribution in [3.63, 3.8) is 0 Å². The summed E-state index contributed by atoms with van der Waals surface area (Å²) in [6.45, 7) is 3.74. The molecule has 0 aliphatic heterocycles. The molecule has 158 valence electrons. The van der Waals surface area contributed by atoms with E-state index in [9.17, 15) is 14.4 Å². The molecule has 3 amide bonds. The Morgan fingerprint density at radius 2 is 1.69 bits per heavy atom. The Hall–Kier alpha value is -1.89. The van der Waals surface area contributed by atoms with Gasteiger partial charge < -0.3 is 5.32 Å². The minimum Gasteiger partial charge on any atom is -0.339 e. The first-order valence-corrected chi connectivity index (χ1v) is 11.6. The van der Waals surface area contributed by atoms with E-state index in [1.54, 1.807) is 12.1 Å². The fourth-order valence-corrected chi connectivity index (χ4v) is 6.88. The van der Waals surface area contributed by atoms with E-state index >= 15 is 0 Å². The first-order valence-electron chi connectivity index (χ1n) is 10.8. The van der Waals surface area contributed by atoms with E-state index in [1.807, 2.05) is 19.2 Å².